The van der Waals surface area contributed by atoms with Crippen LogP contribution in [0, 0.1) is 5.82 Å². The van der Waals surface area contributed by atoms with Crippen molar-refractivity contribution in [2.24, 2.45) is 0 Å². The van der Waals surface area contributed by atoms with Gasteiger partial charge < -0.3 is 20.4 Å². The molecule has 1 aliphatic rings. The summed E-state index contributed by atoms with van der Waals surface area (Å²) in [5, 5.41) is 20.9. The third kappa shape index (κ3) is 2.93. The van der Waals surface area contributed by atoms with E-state index < -0.39 is 47.4 Å². The number of phenolic OH excluding ortho intramolecular Hbond substituents is 1. The lowest BCUT2D eigenvalue weighted by atomic mass is 10.1. The number of halogens is 1. The maximum Gasteiger partial charge on any atom is 0.305 e. The van der Waals surface area contributed by atoms with Gasteiger partial charge in [-0.1, -0.05) is 6.07 Å². The van der Waals surface area contributed by atoms with E-state index in [0.717, 1.165) is 17.0 Å². The van der Waals surface area contributed by atoms with E-state index in [0.29, 0.717) is 0 Å². The number of amides is 2. The molecule has 1 aromatic carbocycles. The molecular weight excluding hydrogens is 283 g/mol. The Balaban J connectivity index is 2.35. The number of aliphatic carboxylic acids is 1. The molecule has 1 atom stereocenters. The van der Waals surface area contributed by atoms with E-state index >= 15 is 0 Å². The fourth-order valence-corrected chi connectivity index (χ4v) is 2.19. The molecule has 1 aromatic rings. The minimum absolute atomic E-state index is 0.0380. The van der Waals surface area contributed by atoms with E-state index in [1.54, 1.807) is 0 Å². The van der Waals surface area contributed by atoms with Gasteiger partial charge in [-0.25, -0.2) is 4.39 Å². The van der Waals surface area contributed by atoms with Gasteiger partial charge in [-0.2, -0.15) is 0 Å². The van der Waals surface area contributed by atoms with Crippen LogP contribution in [0.25, 0.3) is 0 Å². The Morgan fingerprint density at radius 1 is 1.43 bits per heavy atom. The number of benzene rings is 1. The third-order valence-corrected chi connectivity index (χ3v) is 3.17. The van der Waals surface area contributed by atoms with Crippen molar-refractivity contribution in [3.63, 3.8) is 0 Å². The van der Waals surface area contributed by atoms with Crippen LogP contribution in [0.15, 0.2) is 18.2 Å². The van der Waals surface area contributed by atoms with Crippen LogP contribution in [0.5, 0.6) is 5.75 Å². The van der Waals surface area contributed by atoms with Gasteiger partial charge in [0.1, 0.15) is 23.2 Å². The van der Waals surface area contributed by atoms with E-state index in [9.17, 15) is 23.9 Å². The van der Waals surface area contributed by atoms with Crippen molar-refractivity contribution in [1.82, 2.24) is 10.2 Å². The van der Waals surface area contributed by atoms with Crippen LogP contribution in [0.3, 0.4) is 0 Å². The van der Waals surface area contributed by atoms with Crippen LogP contribution < -0.4 is 5.32 Å². The number of rotatable bonds is 3. The summed E-state index contributed by atoms with van der Waals surface area (Å²) in [4.78, 5) is 35.8. The first-order valence-electron chi connectivity index (χ1n) is 6.19. The average molecular weight is 296 g/mol. The van der Waals surface area contributed by atoms with Crippen molar-refractivity contribution in [3.8, 4) is 5.75 Å². The fourth-order valence-electron chi connectivity index (χ4n) is 2.19. The molecule has 0 bridgehead atoms. The number of carbonyl (C=O) groups excluding carboxylic acids is 2. The summed E-state index contributed by atoms with van der Waals surface area (Å²) in [7, 11) is 0. The maximum absolute atomic E-state index is 13.7. The second-order valence-corrected chi connectivity index (χ2v) is 4.54. The topological polar surface area (TPSA) is 107 Å². The van der Waals surface area contributed by atoms with Gasteiger partial charge in [-0.3, -0.25) is 14.4 Å². The van der Waals surface area contributed by atoms with Gasteiger partial charge in [-0.15, -0.1) is 0 Å². The second kappa shape index (κ2) is 5.78. The minimum atomic E-state index is -1.26. The van der Waals surface area contributed by atoms with Crippen molar-refractivity contribution in [3.05, 3.63) is 29.6 Å². The highest BCUT2D eigenvalue weighted by molar-refractivity contribution is 6.01. The number of aromatic hydroxyl groups is 1. The summed E-state index contributed by atoms with van der Waals surface area (Å²) >= 11 is 0. The maximum atomic E-state index is 13.7. The molecule has 3 N–H and O–H groups in total. The lowest BCUT2D eigenvalue weighted by Gasteiger charge is -2.34. The lowest BCUT2D eigenvalue weighted by Crippen LogP contribution is -2.57. The van der Waals surface area contributed by atoms with Gasteiger partial charge in [0.05, 0.1) is 6.42 Å². The lowest BCUT2D eigenvalue weighted by molar-refractivity contribution is -0.142. The Hall–Kier alpha value is -2.64. The monoisotopic (exact) mass is 296 g/mol. The van der Waals surface area contributed by atoms with Gasteiger partial charge >= 0.3 is 5.97 Å². The van der Waals surface area contributed by atoms with Gasteiger partial charge in [-0.05, 0) is 12.1 Å². The fraction of sp³-hybridized carbons (Fsp3) is 0.308. The molecule has 2 amide bonds. The first-order valence-corrected chi connectivity index (χ1v) is 6.19. The molecule has 0 aliphatic carbocycles. The van der Waals surface area contributed by atoms with Crippen molar-refractivity contribution >= 4 is 17.8 Å². The Bertz CT molecular complexity index is 584. The number of nitrogens with one attached hydrogen (secondary N) is 1. The summed E-state index contributed by atoms with van der Waals surface area (Å²) in [6.45, 7) is 0.173. The minimum Gasteiger partial charge on any atom is -0.507 e. The number of hydrogen-bond donors (Lipinski definition) is 3. The van der Waals surface area contributed by atoms with Crippen LogP contribution in [-0.2, 0) is 9.59 Å². The first-order chi connectivity index (χ1) is 9.91. The summed E-state index contributed by atoms with van der Waals surface area (Å²) in [6, 6.07) is 2.15. The Morgan fingerprint density at radius 2 is 2.14 bits per heavy atom. The average Bonchev–Trinajstić information content (AvgIpc) is 2.40. The van der Waals surface area contributed by atoms with Crippen LogP contribution in [-0.4, -0.2) is 52.0 Å². The van der Waals surface area contributed by atoms with Crippen LogP contribution >= 0.6 is 0 Å². The smallest absolute Gasteiger partial charge is 0.305 e. The predicted molar refractivity (Wildman–Crippen MR) is 68.2 cm³/mol. The van der Waals surface area contributed by atoms with E-state index in [4.69, 9.17) is 5.11 Å². The number of carboxylic acid groups (broad SMARTS) is 1. The molecule has 1 saturated heterocycles. The summed E-state index contributed by atoms with van der Waals surface area (Å²) in [6.07, 6.45) is -0.590. The number of phenols is 1. The Morgan fingerprint density at radius 3 is 2.76 bits per heavy atom. The van der Waals surface area contributed by atoms with Gasteiger partial charge in [0.15, 0.2) is 0 Å². The molecule has 1 fully saturated rings. The summed E-state index contributed by atoms with van der Waals surface area (Å²) in [5.41, 5.74) is -0.567. The molecular formula is C13H13FN2O5. The first kappa shape index (κ1) is 14.8. The molecule has 0 spiro atoms. The van der Waals surface area contributed by atoms with E-state index in [1.807, 2.05) is 0 Å². The summed E-state index contributed by atoms with van der Waals surface area (Å²) in [5.74, 6) is -4.27. The number of nitrogens with zero attached hydrogens (tertiary/aromatic N) is 1. The molecule has 1 unspecified atom stereocenters. The van der Waals surface area contributed by atoms with Gasteiger partial charge in [0, 0.05) is 13.1 Å². The van der Waals surface area contributed by atoms with Crippen LogP contribution in [0.2, 0.25) is 0 Å². The number of piperazine rings is 1. The van der Waals surface area contributed by atoms with Crippen molar-refractivity contribution in [1.29, 1.82) is 0 Å². The van der Waals surface area contributed by atoms with E-state index in [-0.39, 0.29) is 13.1 Å². The standard InChI is InChI=1S/C13H13FN2O5/c14-7-2-1-3-9(17)11(7)13(21)16-5-4-15-12(20)8(16)6-10(18)19/h1-3,8,17H,4-6H2,(H,15,20)(H,18,19). The molecule has 112 valence electrons. The molecule has 1 aliphatic heterocycles. The Labute approximate surface area is 119 Å². The largest absolute Gasteiger partial charge is 0.507 e. The highest BCUT2D eigenvalue weighted by atomic mass is 19.1. The van der Waals surface area contributed by atoms with E-state index in [2.05, 4.69) is 5.32 Å². The zero-order chi connectivity index (χ0) is 15.6. The number of carbonyl (C=O) groups is 3. The van der Waals surface area contributed by atoms with Crippen molar-refractivity contribution in [2.45, 2.75) is 12.5 Å². The highest BCUT2D eigenvalue weighted by Gasteiger charge is 2.36. The zero-order valence-corrected chi connectivity index (χ0v) is 10.9. The SMILES string of the molecule is O=C(O)CC1C(=O)NCCN1C(=O)c1c(O)cccc1F. The van der Waals surface area contributed by atoms with E-state index in [1.165, 1.54) is 6.07 Å². The molecule has 2 rings (SSSR count). The second-order valence-electron chi connectivity index (χ2n) is 4.54. The predicted octanol–water partition coefficient (Wildman–Crippen LogP) is -0.0534. The molecule has 1 heterocycles. The zero-order valence-electron chi connectivity index (χ0n) is 10.9. The molecule has 21 heavy (non-hydrogen) atoms. The quantitative estimate of drug-likeness (QED) is 0.725. The normalized spacial score (nSPS) is 18.2. The van der Waals surface area contributed by atoms with Crippen LogP contribution in [0.4, 0.5) is 4.39 Å². The highest BCUT2D eigenvalue weighted by Crippen LogP contribution is 2.23. The van der Waals surface area contributed by atoms with Crippen molar-refractivity contribution < 1.29 is 29.0 Å². The number of hydrogen-bond acceptors (Lipinski definition) is 4. The van der Waals surface area contributed by atoms with Crippen molar-refractivity contribution in [2.75, 3.05) is 13.1 Å². The molecule has 0 radical (unpaired) electrons. The third-order valence-electron chi connectivity index (χ3n) is 3.17. The molecule has 0 aromatic heterocycles. The number of carboxylic acids is 1. The molecule has 0 saturated carbocycles. The van der Waals surface area contributed by atoms with Gasteiger partial charge in [0.2, 0.25) is 5.91 Å². The van der Waals surface area contributed by atoms with Gasteiger partial charge in [0.25, 0.3) is 5.91 Å². The summed E-state index contributed by atoms with van der Waals surface area (Å²) < 4.78 is 13.7. The molecule has 8 heteroatoms. The Kier molecular flexibility index (Phi) is 4.06. The van der Waals surface area contributed by atoms with Crippen LogP contribution in [0.1, 0.15) is 16.8 Å². The molecule has 7 nitrogen and oxygen atoms in total.